The lowest BCUT2D eigenvalue weighted by Crippen LogP contribution is -2.36. The van der Waals surface area contributed by atoms with E-state index in [1.165, 1.54) is 17.4 Å². The number of aryl methyl sites for hydroxylation is 1. The van der Waals surface area contributed by atoms with E-state index in [0.717, 1.165) is 15.8 Å². The number of nitro benzene ring substituents is 1. The van der Waals surface area contributed by atoms with Crippen molar-refractivity contribution in [3.05, 3.63) is 75.1 Å². The Labute approximate surface area is 182 Å². The van der Waals surface area contributed by atoms with E-state index in [2.05, 4.69) is 11.6 Å². The third kappa shape index (κ3) is 4.28. The average Bonchev–Trinajstić information content (AvgIpc) is 3.10. The number of amides is 1. The number of aromatic nitrogens is 1. The molecule has 0 saturated carbocycles. The molecule has 1 amide bonds. The first-order valence-corrected chi connectivity index (χ1v) is 10.7. The highest BCUT2D eigenvalue weighted by molar-refractivity contribution is 7.16. The number of anilines is 1. The summed E-state index contributed by atoms with van der Waals surface area (Å²) in [6, 6.07) is 10.6. The van der Waals surface area contributed by atoms with Crippen molar-refractivity contribution in [3.63, 3.8) is 0 Å². The molecule has 0 radical (unpaired) electrons. The van der Waals surface area contributed by atoms with E-state index < -0.39 is 10.8 Å². The predicted molar refractivity (Wildman–Crippen MR) is 121 cm³/mol. The second-order valence-electron chi connectivity index (χ2n) is 7.23. The number of carbonyl (C=O) groups excluding carboxylic acids is 1. The summed E-state index contributed by atoms with van der Waals surface area (Å²) < 4.78 is 8.26. The highest BCUT2D eigenvalue weighted by Gasteiger charge is 2.23. The van der Waals surface area contributed by atoms with Crippen LogP contribution < -0.4 is 9.70 Å². The van der Waals surface area contributed by atoms with Crippen LogP contribution in [-0.4, -0.2) is 41.7 Å². The van der Waals surface area contributed by atoms with Gasteiger partial charge in [-0.3, -0.25) is 14.9 Å². The SMILES string of the molecule is C=CCn1c(=NC(=O)c2ccc(N3CCOCC3)c([N+](=O)[O-])c2)sc2cc(C)ccc21. The van der Waals surface area contributed by atoms with Gasteiger partial charge in [-0.25, -0.2) is 0 Å². The van der Waals surface area contributed by atoms with E-state index >= 15 is 0 Å². The van der Waals surface area contributed by atoms with Gasteiger partial charge in [0.25, 0.3) is 11.6 Å². The smallest absolute Gasteiger partial charge is 0.293 e. The summed E-state index contributed by atoms with van der Waals surface area (Å²) in [7, 11) is 0. The Balaban J connectivity index is 1.75. The van der Waals surface area contributed by atoms with E-state index in [0.29, 0.717) is 43.3 Å². The van der Waals surface area contributed by atoms with Crippen molar-refractivity contribution in [2.75, 3.05) is 31.2 Å². The second-order valence-corrected chi connectivity index (χ2v) is 8.24. The normalized spacial score (nSPS) is 14.7. The Morgan fingerprint density at radius 2 is 2.06 bits per heavy atom. The summed E-state index contributed by atoms with van der Waals surface area (Å²) in [6.07, 6.45) is 1.75. The molecule has 0 aliphatic carbocycles. The number of hydrogen-bond acceptors (Lipinski definition) is 6. The van der Waals surface area contributed by atoms with Gasteiger partial charge in [-0.05, 0) is 36.8 Å². The molecule has 1 fully saturated rings. The Morgan fingerprint density at radius 1 is 1.29 bits per heavy atom. The lowest BCUT2D eigenvalue weighted by molar-refractivity contribution is -0.384. The summed E-state index contributed by atoms with van der Waals surface area (Å²) >= 11 is 1.41. The third-order valence-corrected chi connectivity index (χ3v) is 6.16. The minimum Gasteiger partial charge on any atom is -0.378 e. The van der Waals surface area contributed by atoms with Crippen molar-refractivity contribution in [1.29, 1.82) is 0 Å². The first-order chi connectivity index (χ1) is 15.0. The summed E-state index contributed by atoms with van der Waals surface area (Å²) in [5, 5.41) is 11.7. The van der Waals surface area contributed by atoms with E-state index in [-0.39, 0.29) is 11.3 Å². The molecule has 9 heteroatoms. The maximum absolute atomic E-state index is 12.9. The molecule has 2 aromatic carbocycles. The summed E-state index contributed by atoms with van der Waals surface area (Å²) in [4.78, 5) is 30.9. The van der Waals surface area contributed by atoms with E-state index in [9.17, 15) is 14.9 Å². The van der Waals surface area contributed by atoms with Crippen molar-refractivity contribution in [3.8, 4) is 0 Å². The number of rotatable bonds is 5. The Kier molecular flexibility index (Phi) is 5.97. The predicted octanol–water partition coefficient (Wildman–Crippen LogP) is 3.68. The van der Waals surface area contributed by atoms with Crippen LogP contribution in [0.2, 0.25) is 0 Å². The van der Waals surface area contributed by atoms with Crippen LogP contribution in [0.4, 0.5) is 11.4 Å². The number of benzene rings is 2. The monoisotopic (exact) mass is 438 g/mol. The van der Waals surface area contributed by atoms with Crippen LogP contribution in [0.1, 0.15) is 15.9 Å². The van der Waals surface area contributed by atoms with E-state index in [1.54, 1.807) is 18.2 Å². The van der Waals surface area contributed by atoms with Gasteiger partial charge in [0.1, 0.15) is 5.69 Å². The lowest BCUT2D eigenvalue weighted by atomic mass is 10.1. The van der Waals surface area contributed by atoms with Gasteiger partial charge in [-0.2, -0.15) is 4.99 Å². The van der Waals surface area contributed by atoms with Crippen LogP contribution in [0.5, 0.6) is 0 Å². The zero-order valence-electron chi connectivity index (χ0n) is 17.1. The van der Waals surface area contributed by atoms with Gasteiger partial charge in [0.2, 0.25) is 0 Å². The van der Waals surface area contributed by atoms with Gasteiger partial charge in [-0.15, -0.1) is 6.58 Å². The second kappa shape index (κ2) is 8.83. The number of nitro groups is 1. The molecular weight excluding hydrogens is 416 g/mol. The fourth-order valence-corrected chi connectivity index (χ4v) is 4.73. The Hall–Kier alpha value is -3.30. The standard InChI is InChI=1S/C22H22N4O4S/c1-3-8-25-18-6-4-15(2)13-20(18)31-22(25)23-21(27)16-5-7-17(19(14-16)26(28)29)24-9-11-30-12-10-24/h3-7,13-14H,1,8-12H2,2H3. The molecule has 0 N–H and O–H groups in total. The molecule has 3 aromatic rings. The molecular formula is C22H22N4O4S. The lowest BCUT2D eigenvalue weighted by Gasteiger charge is -2.28. The number of thiazole rings is 1. The molecule has 4 rings (SSSR count). The minimum atomic E-state index is -0.516. The number of nitrogens with zero attached hydrogens (tertiary/aromatic N) is 4. The minimum absolute atomic E-state index is 0.103. The molecule has 0 atom stereocenters. The van der Waals surface area contributed by atoms with Crippen molar-refractivity contribution < 1.29 is 14.5 Å². The van der Waals surface area contributed by atoms with Crippen LogP contribution in [0.25, 0.3) is 10.2 Å². The highest BCUT2D eigenvalue weighted by Crippen LogP contribution is 2.30. The Morgan fingerprint density at radius 3 is 2.77 bits per heavy atom. The number of hydrogen-bond donors (Lipinski definition) is 0. The van der Waals surface area contributed by atoms with Crippen LogP contribution in [-0.2, 0) is 11.3 Å². The van der Waals surface area contributed by atoms with Gasteiger partial charge in [0.15, 0.2) is 4.80 Å². The van der Waals surface area contributed by atoms with Crippen molar-refractivity contribution in [1.82, 2.24) is 4.57 Å². The van der Waals surface area contributed by atoms with Crippen LogP contribution >= 0.6 is 11.3 Å². The average molecular weight is 439 g/mol. The maximum atomic E-state index is 12.9. The molecule has 0 spiro atoms. The van der Waals surface area contributed by atoms with Crippen LogP contribution in [0.3, 0.4) is 0 Å². The molecule has 8 nitrogen and oxygen atoms in total. The molecule has 160 valence electrons. The third-order valence-electron chi connectivity index (χ3n) is 5.12. The first kappa shape index (κ1) is 21.0. The summed E-state index contributed by atoms with van der Waals surface area (Å²) in [6.45, 7) is 8.48. The number of fused-ring (bicyclic) bond motifs is 1. The van der Waals surface area contributed by atoms with Crippen molar-refractivity contribution >= 4 is 38.8 Å². The topological polar surface area (TPSA) is 90.0 Å². The fourth-order valence-electron chi connectivity index (χ4n) is 3.60. The van der Waals surface area contributed by atoms with E-state index in [1.807, 2.05) is 34.6 Å². The van der Waals surface area contributed by atoms with Gasteiger partial charge >= 0.3 is 0 Å². The van der Waals surface area contributed by atoms with Crippen molar-refractivity contribution in [2.24, 2.45) is 4.99 Å². The molecule has 2 heterocycles. The van der Waals surface area contributed by atoms with Crippen molar-refractivity contribution in [2.45, 2.75) is 13.5 Å². The molecule has 0 unspecified atom stereocenters. The quantitative estimate of drug-likeness (QED) is 0.344. The largest absolute Gasteiger partial charge is 0.378 e. The van der Waals surface area contributed by atoms with Crippen LogP contribution in [0, 0.1) is 17.0 Å². The molecule has 31 heavy (non-hydrogen) atoms. The Bertz CT molecular complexity index is 1240. The first-order valence-electron chi connectivity index (χ1n) is 9.89. The summed E-state index contributed by atoms with van der Waals surface area (Å²) in [5.41, 5.74) is 2.66. The highest BCUT2D eigenvalue weighted by atomic mass is 32.1. The zero-order chi connectivity index (χ0) is 22.0. The molecule has 1 saturated heterocycles. The van der Waals surface area contributed by atoms with Gasteiger partial charge in [0, 0.05) is 31.3 Å². The number of morpholine rings is 1. The molecule has 1 aromatic heterocycles. The van der Waals surface area contributed by atoms with Gasteiger partial charge in [-0.1, -0.05) is 23.5 Å². The molecule has 0 bridgehead atoms. The number of ether oxygens (including phenoxy) is 1. The van der Waals surface area contributed by atoms with Crippen LogP contribution in [0.15, 0.2) is 54.0 Å². The molecule has 1 aliphatic heterocycles. The van der Waals surface area contributed by atoms with E-state index in [4.69, 9.17) is 4.74 Å². The fraction of sp³-hybridized carbons (Fsp3) is 0.273. The number of allylic oxidation sites excluding steroid dienone is 1. The number of carbonyl (C=O) groups is 1. The van der Waals surface area contributed by atoms with Gasteiger partial charge < -0.3 is 14.2 Å². The van der Waals surface area contributed by atoms with Gasteiger partial charge in [0.05, 0.1) is 28.4 Å². The zero-order valence-corrected chi connectivity index (χ0v) is 17.9. The molecule has 1 aliphatic rings. The summed E-state index contributed by atoms with van der Waals surface area (Å²) in [5.74, 6) is -0.516. The maximum Gasteiger partial charge on any atom is 0.293 e.